The van der Waals surface area contributed by atoms with E-state index in [2.05, 4.69) is 20.5 Å². The van der Waals surface area contributed by atoms with E-state index in [0.29, 0.717) is 25.3 Å². The molecule has 1 spiro atoms. The first-order chi connectivity index (χ1) is 15.5. The van der Waals surface area contributed by atoms with Crippen LogP contribution >= 0.6 is 11.3 Å². The molecule has 2 aromatic rings. The zero-order valence-corrected chi connectivity index (χ0v) is 18.9. The molecule has 1 aliphatic carbocycles. The molecule has 0 radical (unpaired) electrons. The summed E-state index contributed by atoms with van der Waals surface area (Å²) in [6.45, 7) is 4.72. The summed E-state index contributed by atoms with van der Waals surface area (Å²) in [4.78, 5) is 46.2. The maximum absolute atomic E-state index is 13.1. The standard InChI is InChI=1S/C22H27N5O4S/c1-14-4-2-3-7-22(14)19(29)27(20(30)25-22)13-18(28)23-15-5-6-16-17(12-15)32-21(24-16)26-8-10-31-11-9-26/h5-6,12,14H,2-4,7-11,13H2,1H3,(H,23,28)(H,25,30). The molecule has 2 unspecified atom stereocenters. The van der Waals surface area contributed by atoms with Crippen LogP contribution in [0.3, 0.4) is 0 Å². The second-order valence-corrected chi connectivity index (χ2v) is 9.78. The molecule has 32 heavy (non-hydrogen) atoms. The van der Waals surface area contributed by atoms with Crippen molar-refractivity contribution in [1.82, 2.24) is 15.2 Å². The van der Waals surface area contributed by atoms with Crippen molar-refractivity contribution in [3.63, 3.8) is 0 Å². The Balaban J connectivity index is 1.26. The van der Waals surface area contributed by atoms with Crippen LogP contribution < -0.4 is 15.5 Å². The lowest BCUT2D eigenvalue weighted by Gasteiger charge is -2.36. The van der Waals surface area contributed by atoms with Gasteiger partial charge < -0.3 is 20.3 Å². The lowest BCUT2D eigenvalue weighted by molar-refractivity contribution is -0.136. The van der Waals surface area contributed by atoms with Crippen LogP contribution in [0, 0.1) is 5.92 Å². The van der Waals surface area contributed by atoms with Gasteiger partial charge in [-0.15, -0.1) is 0 Å². The molecule has 1 aromatic heterocycles. The molecular weight excluding hydrogens is 430 g/mol. The minimum absolute atomic E-state index is 0.0650. The van der Waals surface area contributed by atoms with Crippen LogP contribution in [0.15, 0.2) is 18.2 Å². The van der Waals surface area contributed by atoms with E-state index in [4.69, 9.17) is 4.74 Å². The van der Waals surface area contributed by atoms with Gasteiger partial charge in [-0.2, -0.15) is 0 Å². The quantitative estimate of drug-likeness (QED) is 0.684. The highest BCUT2D eigenvalue weighted by atomic mass is 32.1. The molecule has 0 bridgehead atoms. The molecule has 1 saturated carbocycles. The van der Waals surface area contributed by atoms with Crippen LogP contribution in [0.4, 0.5) is 15.6 Å². The van der Waals surface area contributed by atoms with Crippen molar-refractivity contribution in [3.8, 4) is 0 Å². The summed E-state index contributed by atoms with van der Waals surface area (Å²) >= 11 is 1.57. The summed E-state index contributed by atoms with van der Waals surface area (Å²) in [5.74, 6) is -0.612. The van der Waals surface area contributed by atoms with Gasteiger partial charge in [-0.05, 0) is 37.0 Å². The predicted molar refractivity (Wildman–Crippen MR) is 122 cm³/mol. The number of anilines is 2. The Morgan fingerprint density at radius 3 is 2.91 bits per heavy atom. The van der Waals surface area contributed by atoms with Crippen molar-refractivity contribution in [1.29, 1.82) is 0 Å². The SMILES string of the molecule is CC1CCCCC12NC(=O)N(CC(=O)Nc1ccc3nc(N4CCOCC4)sc3c1)C2=O. The molecule has 1 aromatic carbocycles. The lowest BCUT2D eigenvalue weighted by atomic mass is 9.73. The van der Waals surface area contributed by atoms with E-state index >= 15 is 0 Å². The number of carbonyl (C=O) groups excluding carboxylic acids is 3. The van der Waals surface area contributed by atoms with E-state index in [-0.39, 0.29) is 18.4 Å². The Labute approximate surface area is 190 Å². The van der Waals surface area contributed by atoms with Crippen LogP contribution in [0.5, 0.6) is 0 Å². The molecule has 2 saturated heterocycles. The first kappa shape index (κ1) is 21.1. The van der Waals surface area contributed by atoms with Gasteiger partial charge in [0.15, 0.2) is 5.13 Å². The third-order valence-electron chi connectivity index (χ3n) is 6.75. The van der Waals surface area contributed by atoms with Gasteiger partial charge in [-0.25, -0.2) is 9.78 Å². The van der Waals surface area contributed by atoms with Crippen LogP contribution in [0.1, 0.15) is 32.6 Å². The fourth-order valence-electron chi connectivity index (χ4n) is 4.86. The highest BCUT2D eigenvalue weighted by Crippen LogP contribution is 2.38. The normalized spacial score (nSPS) is 26.1. The van der Waals surface area contributed by atoms with Crippen molar-refractivity contribution in [2.45, 2.75) is 38.1 Å². The molecule has 3 fully saturated rings. The van der Waals surface area contributed by atoms with Gasteiger partial charge in [-0.3, -0.25) is 14.5 Å². The molecule has 2 atom stereocenters. The average Bonchev–Trinajstić information content (AvgIpc) is 3.31. The summed E-state index contributed by atoms with van der Waals surface area (Å²) in [5.41, 5.74) is 0.636. The van der Waals surface area contributed by atoms with Gasteiger partial charge in [0.25, 0.3) is 5.91 Å². The average molecular weight is 458 g/mol. The summed E-state index contributed by atoms with van der Waals surface area (Å²) in [7, 11) is 0. The highest BCUT2D eigenvalue weighted by molar-refractivity contribution is 7.22. The number of fused-ring (bicyclic) bond motifs is 1. The number of nitrogens with zero attached hydrogens (tertiary/aromatic N) is 3. The summed E-state index contributed by atoms with van der Waals surface area (Å²) < 4.78 is 6.37. The molecule has 170 valence electrons. The van der Waals surface area contributed by atoms with Gasteiger partial charge >= 0.3 is 6.03 Å². The van der Waals surface area contributed by atoms with Crippen LogP contribution in [-0.2, 0) is 14.3 Å². The van der Waals surface area contributed by atoms with E-state index in [1.807, 2.05) is 19.1 Å². The maximum atomic E-state index is 13.1. The third-order valence-corrected chi connectivity index (χ3v) is 7.82. The first-order valence-electron chi connectivity index (χ1n) is 11.1. The minimum atomic E-state index is -0.854. The van der Waals surface area contributed by atoms with Crippen molar-refractivity contribution in [2.75, 3.05) is 43.1 Å². The predicted octanol–water partition coefficient (Wildman–Crippen LogP) is 2.57. The van der Waals surface area contributed by atoms with Crippen LogP contribution in [0.25, 0.3) is 10.2 Å². The van der Waals surface area contributed by atoms with Crippen molar-refractivity contribution in [2.24, 2.45) is 5.92 Å². The number of benzene rings is 1. The highest BCUT2D eigenvalue weighted by Gasteiger charge is 2.55. The van der Waals surface area contributed by atoms with E-state index in [1.54, 1.807) is 17.4 Å². The Morgan fingerprint density at radius 2 is 2.12 bits per heavy atom. The van der Waals surface area contributed by atoms with E-state index in [0.717, 1.165) is 52.6 Å². The summed E-state index contributed by atoms with van der Waals surface area (Å²) in [5, 5.41) is 6.65. The molecular formula is C22H27N5O4S. The largest absolute Gasteiger partial charge is 0.378 e. The topological polar surface area (TPSA) is 104 Å². The second-order valence-electron chi connectivity index (χ2n) is 8.77. The maximum Gasteiger partial charge on any atom is 0.325 e. The van der Waals surface area contributed by atoms with Crippen molar-refractivity contribution >= 4 is 50.2 Å². The lowest BCUT2D eigenvalue weighted by Crippen LogP contribution is -2.54. The molecule has 9 nitrogen and oxygen atoms in total. The number of hydrogen-bond acceptors (Lipinski definition) is 7. The molecule has 4 amide bonds. The second kappa shape index (κ2) is 8.32. The van der Waals surface area contributed by atoms with Gasteiger partial charge in [0, 0.05) is 18.8 Å². The van der Waals surface area contributed by atoms with E-state index < -0.39 is 17.5 Å². The monoisotopic (exact) mass is 457 g/mol. The fourth-order valence-corrected chi connectivity index (χ4v) is 5.92. The number of rotatable bonds is 4. The number of nitrogens with one attached hydrogen (secondary N) is 2. The molecule has 10 heteroatoms. The first-order valence-corrected chi connectivity index (χ1v) is 12.0. The summed E-state index contributed by atoms with van der Waals surface area (Å²) in [6, 6.07) is 5.06. The van der Waals surface area contributed by atoms with Gasteiger partial charge in [0.1, 0.15) is 12.1 Å². The Bertz CT molecular complexity index is 1070. The summed E-state index contributed by atoms with van der Waals surface area (Å²) in [6.07, 6.45) is 3.48. The number of amides is 4. The van der Waals surface area contributed by atoms with Gasteiger partial charge in [0.2, 0.25) is 5.91 Å². The number of ether oxygens (including phenoxy) is 1. The Hall–Kier alpha value is -2.72. The molecule has 2 N–H and O–H groups in total. The zero-order valence-electron chi connectivity index (χ0n) is 18.1. The van der Waals surface area contributed by atoms with Crippen molar-refractivity contribution < 1.29 is 19.1 Å². The Kier molecular flexibility index (Phi) is 5.50. The Morgan fingerprint density at radius 1 is 1.31 bits per heavy atom. The number of aromatic nitrogens is 1. The number of morpholine rings is 1. The van der Waals surface area contributed by atoms with Gasteiger partial charge in [-0.1, -0.05) is 31.1 Å². The molecule has 3 aliphatic rings. The number of hydrogen-bond donors (Lipinski definition) is 2. The van der Waals surface area contributed by atoms with Crippen molar-refractivity contribution in [3.05, 3.63) is 18.2 Å². The minimum Gasteiger partial charge on any atom is -0.378 e. The zero-order chi connectivity index (χ0) is 22.3. The molecule has 2 aliphatic heterocycles. The molecule has 5 rings (SSSR count). The van der Waals surface area contributed by atoms with E-state index in [1.165, 1.54) is 0 Å². The van der Waals surface area contributed by atoms with Crippen LogP contribution in [-0.4, -0.2) is 66.1 Å². The smallest absolute Gasteiger partial charge is 0.325 e. The fraction of sp³-hybridized carbons (Fsp3) is 0.545. The number of imide groups is 1. The number of carbonyl (C=O) groups is 3. The van der Waals surface area contributed by atoms with Gasteiger partial charge in [0.05, 0.1) is 23.4 Å². The third kappa shape index (κ3) is 3.71. The van der Waals surface area contributed by atoms with Crippen LogP contribution in [0.2, 0.25) is 0 Å². The number of thiazole rings is 1. The molecule has 3 heterocycles. The van der Waals surface area contributed by atoms with E-state index in [9.17, 15) is 14.4 Å². The number of urea groups is 1.